The predicted molar refractivity (Wildman–Crippen MR) is 76.7 cm³/mol. The zero-order valence-electron chi connectivity index (χ0n) is 11.3. The second kappa shape index (κ2) is 6.19. The number of ether oxygens (including phenoxy) is 1. The van der Waals surface area contributed by atoms with Gasteiger partial charge in [-0.3, -0.25) is 0 Å². The minimum atomic E-state index is 0.115. The number of hydrogen-bond acceptors (Lipinski definition) is 2. The summed E-state index contributed by atoms with van der Waals surface area (Å²) in [5, 5.41) is 0. The minimum Gasteiger partial charge on any atom is -0.497 e. The van der Waals surface area contributed by atoms with Gasteiger partial charge in [-0.1, -0.05) is 36.4 Å². The van der Waals surface area contributed by atoms with E-state index >= 15 is 0 Å². The Kier molecular flexibility index (Phi) is 4.35. The monoisotopic (exact) mass is 254 g/mol. The minimum absolute atomic E-state index is 0.115. The molecule has 2 aromatic rings. The van der Waals surface area contributed by atoms with Gasteiger partial charge in [-0.05, 0) is 35.7 Å². The number of carbonyl (C=O) groups excluding carboxylic acids is 1. The van der Waals surface area contributed by atoms with Crippen LogP contribution in [0.15, 0.2) is 48.5 Å². The van der Waals surface area contributed by atoms with Crippen molar-refractivity contribution >= 4 is 6.29 Å². The fraction of sp³-hybridized carbons (Fsp3) is 0.235. The first-order valence-electron chi connectivity index (χ1n) is 6.39. The summed E-state index contributed by atoms with van der Waals surface area (Å²) in [5.41, 5.74) is 3.56. The van der Waals surface area contributed by atoms with Crippen molar-refractivity contribution < 1.29 is 9.53 Å². The van der Waals surface area contributed by atoms with Crippen LogP contribution in [-0.2, 0) is 4.79 Å². The maximum atomic E-state index is 11.0. The highest BCUT2D eigenvalue weighted by Crippen LogP contribution is 2.30. The van der Waals surface area contributed by atoms with Crippen LogP contribution >= 0.6 is 0 Å². The molecule has 0 amide bonds. The van der Waals surface area contributed by atoms with Crippen molar-refractivity contribution in [3.63, 3.8) is 0 Å². The van der Waals surface area contributed by atoms with E-state index in [0.717, 1.165) is 17.6 Å². The highest BCUT2D eigenvalue weighted by atomic mass is 16.5. The second-order valence-electron chi connectivity index (χ2n) is 4.58. The van der Waals surface area contributed by atoms with E-state index in [9.17, 15) is 4.79 Å². The van der Waals surface area contributed by atoms with Gasteiger partial charge in [-0.2, -0.15) is 0 Å². The Morgan fingerprint density at radius 3 is 2.37 bits per heavy atom. The molecule has 19 heavy (non-hydrogen) atoms. The van der Waals surface area contributed by atoms with Gasteiger partial charge in [0.05, 0.1) is 7.11 Å². The summed E-state index contributed by atoms with van der Waals surface area (Å²) in [6.07, 6.45) is 1.48. The van der Waals surface area contributed by atoms with Crippen LogP contribution in [0.5, 0.6) is 5.75 Å². The van der Waals surface area contributed by atoms with Crippen molar-refractivity contribution in [2.45, 2.75) is 19.3 Å². The molecule has 2 rings (SSSR count). The molecule has 2 heteroatoms. The maximum Gasteiger partial charge on any atom is 0.120 e. The first-order chi connectivity index (χ1) is 9.26. The van der Waals surface area contributed by atoms with Gasteiger partial charge in [0.1, 0.15) is 12.0 Å². The molecule has 2 nitrogen and oxygen atoms in total. The van der Waals surface area contributed by atoms with E-state index in [1.165, 1.54) is 11.1 Å². The summed E-state index contributed by atoms with van der Waals surface area (Å²) in [4.78, 5) is 11.0. The van der Waals surface area contributed by atoms with Crippen molar-refractivity contribution in [2.75, 3.05) is 7.11 Å². The summed E-state index contributed by atoms with van der Waals surface area (Å²) in [6, 6.07) is 16.1. The van der Waals surface area contributed by atoms with E-state index in [4.69, 9.17) is 4.74 Å². The standard InChI is InChI=1S/C17H18O2/c1-13-5-3-4-6-16(13)17(11-12-18)14-7-9-15(19-2)10-8-14/h3-10,12,17H,11H2,1-2H3. The van der Waals surface area contributed by atoms with E-state index in [0.29, 0.717) is 6.42 Å². The maximum absolute atomic E-state index is 11.0. The van der Waals surface area contributed by atoms with Gasteiger partial charge in [0.2, 0.25) is 0 Å². The SMILES string of the molecule is COc1ccc(C(CC=O)c2ccccc2C)cc1. The normalized spacial score (nSPS) is 11.9. The van der Waals surface area contributed by atoms with E-state index < -0.39 is 0 Å². The van der Waals surface area contributed by atoms with Crippen LogP contribution in [-0.4, -0.2) is 13.4 Å². The summed E-state index contributed by atoms with van der Waals surface area (Å²) >= 11 is 0. The lowest BCUT2D eigenvalue weighted by Crippen LogP contribution is -2.04. The highest BCUT2D eigenvalue weighted by molar-refractivity contribution is 5.55. The summed E-state index contributed by atoms with van der Waals surface area (Å²) in [7, 11) is 1.65. The van der Waals surface area contributed by atoms with E-state index in [2.05, 4.69) is 19.1 Å². The number of hydrogen-bond donors (Lipinski definition) is 0. The molecule has 0 spiro atoms. The van der Waals surface area contributed by atoms with Crippen molar-refractivity contribution in [3.8, 4) is 5.75 Å². The van der Waals surface area contributed by atoms with Crippen molar-refractivity contribution in [3.05, 3.63) is 65.2 Å². The molecule has 0 saturated carbocycles. The third kappa shape index (κ3) is 3.02. The van der Waals surface area contributed by atoms with E-state index in [1.807, 2.05) is 36.4 Å². The Labute approximate surface area is 114 Å². The molecular weight excluding hydrogens is 236 g/mol. The Balaban J connectivity index is 2.39. The largest absolute Gasteiger partial charge is 0.497 e. The molecule has 0 heterocycles. The molecule has 98 valence electrons. The lowest BCUT2D eigenvalue weighted by molar-refractivity contribution is -0.108. The Morgan fingerprint density at radius 2 is 1.79 bits per heavy atom. The van der Waals surface area contributed by atoms with E-state index in [-0.39, 0.29) is 5.92 Å². The molecule has 0 fully saturated rings. The molecule has 0 aliphatic carbocycles. The van der Waals surface area contributed by atoms with Gasteiger partial charge in [0, 0.05) is 12.3 Å². The number of rotatable bonds is 5. The van der Waals surface area contributed by atoms with Crippen LogP contribution in [0.3, 0.4) is 0 Å². The van der Waals surface area contributed by atoms with Crippen molar-refractivity contribution in [1.29, 1.82) is 0 Å². The molecule has 1 unspecified atom stereocenters. The molecule has 0 bridgehead atoms. The molecule has 0 radical (unpaired) electrons. The first-order valence-corrected chi connectivity index (χ1v) is 6.39. The number of carbonyl (C=O) groups is 1. The second-order valence-corrected chi connectivity index (χ2v) is 4.58. The summed E-state index contributed by atoms with van der Waals surface area (Å²) < 4.78 is 5.17. The molecule has 0 aromatic heterocycles. The zero-order valence-corrected chi connectivity index (χ0v) is 11.3. The lowest BCUT2D eigenvalue weighted by Gasteiger charge is -2.18. The van der Waals surface area contributed by atoms with Crippen molar-refractivity contribution in [2.24, 2.45) is 0 Å². The van der Waals surface area contributed by atoms with Crippen LogP contribution in [0.2, 0.25) is 0 Å². The highest BCUT2D eigenvalue weighted by Gasteiger charge is 2.15. The summed E-state index contributed by atoms with van der Waals surface area (Å²) in [5.74, 6) is 0.947. The Bertz CT molecular complexity index is 543. The molecule has 0 saturated heterocycles. The third-order valence-electron chi connectivity index (χ3n) is 3.41. The smallest absolute Gasteiger partial charge is 0.120 e. The quantitative estimate of drug-likeness (QED) is 0.760. The first kappa shape index (κ1) is 13.3. The molecule has 1 atom stereocenters. The zero-order chi connectivity index (χ0) is 13.7. The summed E-state index contributed by atoms with van der Waals surface area (Å²) in [6.45, 7) is 2.08. The van der Waals surface area contributed by atoms with Gasteiger partial charge >= 0.3 is 0 Å². The average molecular weight is 254 g/mol. The third-order valence-corrected chi connectivity index (χ3v) is 3.41. The van der Waals surface area contributed by atoms with Gasteiger partial charge < -0.3 is 9.53 Å². The van der Waals surface area contributed by atoms with Crippen LogP contribution in [0.1, 0.15) is 29.0 Å². The van der Waals surface area contributed by atoms with Gasteiger partial charge in [-0.25, -0.2) is 0 Å². The van der Waals surface area contributed by atoms with Crippen LogP contribution < -0.4 is 4.74 Å². The number of aryl methyl sites for hydroxylation is 1. The lowest BCUT2D eigenvalue weighted by atomic mass is 9.86. The average Bonchev–Trinajstić information content (AvgIpc) is 2.46. The Hall–Kier alpha value is -2.09. The van der Waals surface area contributed by atoms with Gasteiger partial charge in [0.25, 0.3) is 0 Å². The van der Waals surface area contributed by atoms with Crippen LogP contribution in [0, 0.1) is 6.92 Å². The van der Waals surface area contributed by atoms with E-state index in [1.54, 1.807) is 7.11 Å². The molecule has 2 aromatic carbocycles. The number of methoxy groups -OCH3 is 1. The number of benzene rings is 2. The fourth-order valence-electron chi connectivity index (χ4n) is 2.35. The fourth-order valence-corrected chi connectivity index (χ4v) is 2.35. The van der Waals surface area contributed by atoms with Gasteiger partial charge in [-0.15, -0.1) is 0 Å². The molecular formula is C17H18O2. The molecule has 0 N–H and O–H groups in total. The van der Waals surface area contributed by atoms with Crippen molar-refractivity contribution in [1.82, 2.24) is 0 Å². The predicted octanol–water partition coefficient (Wildman–Crippen LogP) is 3.72. The van der Waals surface area contributed by atoms with Crippen LogP contribution in [0.25, 0.3) is 0 Å². The van der Waals surface area contributed by atoms with Gasteiger partial charge in [0.15, 0.2) is 0 Å². The molecule has 0 aliphatic heterocycles. The Morgan fingerprint density at radius 1 is 1.11 bits per heavy atom. The van der Waals surface area contributed by atoms with Crippen LogP contribution in [0.4, 0.5) is 0 Å². The molecule has 0 aliphatic rings. The number of aldehydes is 1. The topological polar surface area (TPSA) is 26.3 Å².